The van der Waals surface area contributed by atoms with Crippen molar-refractivity contribution in [2.75, 3.05) is 5.32 Å². The van der Waals surface area contributed by atoms with E-state index < -0.39 is 0 Å². The molecule has 0 saturated heterocycles. The molecule has 0 aliphatic rings. The van der Waals surface area contributed by atoms with E-state index in [0.717, 1.165) is 25.1 Å². The van der Waals surface area contributed by atoms with Crippen LogP contribution < -0.4 is 5.32 Å². The maximum absolute atomic E-state index is 12.0. The molecule has 1 N–H and O–H groups in total. The zero-order chi connectivity index (χ0) is 13.9. The highest BCUT2D eigenvalue weighted by Gasteiger charge is 2.14. The highest BCUT2D eigenvalue weighted by molar-refractivity contribution is 7.20. The Kier molecular flexibility index (Phi) is 3.75. The van der Waals surface area contributed by atoms with E-state index in [0.29, 0.717) is 15.0 Å². The number of anilines is 1. The number of hydrogen-bond acceptors (Lipinski definition) is 6. The van der Waals surface area contributed by atoms with Crippen molar-refractivity contribution in [3.8, 4) is 0 Å². The lowest BCUT2D eigenvalue weighted by Gasteiger charge is -1.97. The molecule has 3 heterocycles. The molecule has 3 aromatic heterocycles. The molecule has 3 rings (SSSR count). The minimum Gasteiger partial charge on any atom is -0.296 e. The maximum atomic E-state index is 12.0. The summed E-state index contributed by atoms with van der Waals surface area (Å²) in [6.07, 6.45) is 3.00. The Morgan fingerprint density at radius 1 is 1.45 bits per heavy atom. The van der Waals surface area contributed by atoms with Crippen molar-refractivity contribution in [2.24, 2.45) is 0 Å². The third-order valence-electron chi connectivity index (χ3n) is 2.77. The summed E-state index contributed by atoms with van der Waals surface area (Å²) < 4.78 is 1.71. The summed E-state index contributed by atoms with van der Waals surface area (Å²) in [6, 6.07) is 3.63. The van der Waals surface area contributed by atoms with Gasteiger partial charge in [0.2, 0.25) is 10.1 Å². The van der Waals surface area contributed by atoms with Crippen molar-refractivity contribution in [1.29, 1.82) is 0 Å². The highest BCUT2D eigenvalue weighted by Crippen LogP contribution is 2.20. The Hall–Kier alpha value is -1.80. The van der Waals surface area contributed by atoms with Crippen LogP contribution in [0.25, 0.3) is 4.96 Å². The number of amides is 1. The number of carbonyl (C=O) groups excluding carboxylic acids is 1. The summed E-state index contributed by atoms with van der Waals surface area (Å²) in [5.74, 6) is 0.704. The number of nitrogens with zero attached hydrogens (tertiary/aromatic N) is 4. The molecule has 0 saturated carbocycles. The molecule has 20 heavy (non-hydrogen) atoms. The molecule has 0 aliphatic heterocycles. The fraction of sp³-hybridized carbons (Fsp3) is 0.333. The van der Waals surface area contributed by atoms with Gasteiger partial charge in [-0.3, -0.25) is 10.1 Å². The number of fused-ring (bicyclic) bond motifs is 1. The number of aryl methyl sites for hydroxylation is 1. The smallest absolute Gasteiger partial charge is 0.267 e. The minimum atomic E-state index is -0.139. The molecular weight excluding hydrogens is 294 g/mol. The topological polar surface area (TPSA) is 72.2 Å². The Labute approximate surface area is 123 Å². The number of carbonyl (C=O) groups is 1. The van der Waals surface area contributed by atoms with E-state index >= 15 is 0 Å². The van der Waals surface area contributed by atoms with Crippen molar-refractivity contribution >= 4 is 38.7 Å². The fourth-order valence-electron chi connectivity index (χ4n) is 1.77. The fourth-order valence-corrected chi connectivity index (χ4v) is 3.14. The van der Waals surface area contributed by atoms with E-state index in [2.05, 4.69) is 27.5 Å². The van der Waals surface area contributed by atoms with Gasteiger partial charge in [-0.15, -0.1) is 26.6 Å². The molecule has 1 amide bonds. The Morgan fingerprint density at radius 2 is 2.35 bits per heavy atom. The van der Waals surface area contributed by atoms with E-state index in [1.54, 1.807) is 10.6 Å². The summed E-state index contributed by atoms with van der Waals surface area (Å²) in [7, 11) is 0. The van der Waals surface area contributed by atoms with Gasteiger partial charge in [0, 0.05) is 6.42 Å². The van der Waals surface area contributed by atoms with Crippen LogP contribution in [0, 0.1) is 0 Å². The lowest BCUT2D eigenvalue weighted by molar-refractivity contribution is 0.103. The van der Waals surface area contributed by atoms with E-state index in [1.165, 1.54) is 22.7 Å². The lowest BCUT2D eigenvalue weighted by Crippen LogP contribution is -2.10. The van der Waals surface area contributed by atoms with Crippen LogP contribution in [0.1, 0.15) is 35.3 Å². The van der Waals surface area contributed by atoms with Crippen LogP contribution in [-0.4, -0.2) is 25.7 Å². The SMILES string of the molecule is CCCCc1nnc2sc(NC(=O)c3cccs3)nn12. The highest BCUT2D eigenvalue weighted by atomic mass is 32.1. The van der Waals surface area contributed by atoms with Gasteiger partial charge in [0.1, 0.15) is 0 Å². The van der Waals surface area contributed by atoms with Crippen LogP contribution in [0.15, 0.2) is 17.5 Å². The number of thiophene rings is 1. The summed E-state index contributed by atoms with van der Waals surface area (Å²) in [5, 5.41) is 17.8. The maximum Gasteiger partial charge on any atom is 0.267 e. The van der Waals surface area contributed by atoms with Gasteiger partial charge in [-0.1, -0.05) is 30.7 Å². The molecule has 104 valence electrons. The summed E-state index contributed by atoms with van der Waals surface area (Å²) >= 11 is 2.73. The average molecular weight is 307 g/mol. The van der Waals surface area contributed by atoms with Crippen LogP contribution in [0.2, 0.25) is 0 Å². The second-order valence-electron chi connectivity index (χ2n) is 4.25. The first-order valence-electron chi connectivity index (χ1n) is 6.34. The molecule has 3 aromatic rings. The summed E-state index contributed by atoms with van der Waals surface area (Å²) in [4.78, 5) is 13.3. The second kappa shape index (κ2) is 5.68. The molecule has 0 atom stereocenters. The van der Waals surface area contributed by atoms with E-state index in [9.17, 15) is 4.79 Å². The minimum absolute atomic E-state index is 0.139. The second-order valence-corrected chi connectivity index (χ2v) is 6.16. The van der Waals surface area contributed by atoms with Crippen molar-refractivity contribution in [3.63, 3.8) is 0 Å². The van der Waals surface area contributed by atoms with Crippen LogP contribution in [0.5, 0.6) is 0 Å². The van der Waals surface area contributed by atoms with Gasteiger partial charge in [-0.25, -0.2) is 0 Å². The Bertz CT molecular complexity index is 715. The monoisotopic (exact) mass is 307 g/mol. The normalized spacial score (nSPS) is 11.1. The molecule has 0 spiro atoms. The Morgan fingerprint density at radius 3 is 3.10 bits per heavy atom. The van der Waals surface area contributed by atoms with E-state index in [4.69, 9.17) is 0 Å². The first-order valence-corrected chi connectivity index (χ1v) is 8.03. The number of unbranched alkanes of at least 4 members (excludes halogenated alkanes) is 1. The van der Waals surface area contributed by atoms with Crippen molar-refractivity contribution in [2.45, 2.75) is 26.2 Å². The number of aromatic nitrogens is 4. The molecule has 0 unspecified atom stereocenters. The third-order valence-corrected chi connectivity index (χ3v) is 4.46. The zero-order valence-corrected chi connectivity index (χ0v) is 12.5. The van der Waals surface area contributed by atoms with Gasteiger partial charge in [-0.05, 0) is 17.9 Å². The summed E-state index contributed by atoms with van der Waals surface area (Å²) in [6.45, 7) is 2.13. The van der Waals surface area contributed by atoms with Crippen LogP contribution >= 0.6 is 22.7 Å². The first kappa shape index (κ1) is 13.2. The predicted octanol–water partition coefficient (Wildman–Crippen LogP) is 2.84. The van der Waals surface area contributed by atoms with Crippen molar-refractivity contribution in [3.05, 3.63) is 28.2 Å². The lowest BCUT2D eigenvalue weighted by atomic mass is 10.2. The molecule has 0 bridgehead atoms. The van der Waals surface area contributed by atoms with Gasteiger partial charge < -0.3 is 0 Å². The molecule has 0 aromatic carbocycles. The molecule has 8 heteroatoms. The number of nitrogens with one attached hydrogen (secondary N) is 1. The van der Waals surface area contributed by atoms with E-state index in [1.807, 2.05) is 11.4 Å². The van der Waals surface area contributed by atoms with Crippen LogP contribution in [0.3, 0.4) is 0 Å². The van der Waals surface area contributed by atoms with Gasteiger partial charge >= 0.3 is 0 Å². The quantitative estimate of drug-likeness (QED) is 0.786. The van der Waals surface area contributed by atoms with Gasteiger partial charge in [0.25, 0.3) is 5.91 Å². The third kappa shape index (κ3) is 2.56. The Balaban J connectivity index is 1.79. The van der Waals surface area contributed by atoms with Crippen molar-refractivity contribution < 1.29 is 4.79 Å². The number of hydrogen-bond donors (Lipinski definition) is 1. The largest absolute Gasteiger partial charge is 0.296 e. The summed E-state index contributed by atoms with van der Waals surface area (Å²) in [5.41, 5.74) is 0. The number of rotatable bonds is 5. The van der Waals surface area contributed by atoms with Gasteiger partial charge in [0.15, 0.2) is 5.82 Å². The first-order chi connectivity index (χ1) is 9.78. The molecule has 0 fully saturated rings. The van der Waals surface area contributed by atoms with Gasteiger partial charge in [0.05, 0.1) is 4.88 Å². The van der Waals surface area contributed by atoms with Crippen molar-refractivity contribution in [1.82, 2.24) is 19.8 Å². The zero-order valence-electron chi connectivity index (χ0n) is 10.9. The standard InChI is InChI=1S/C12H13N5OS2/c1-2-3-6-9-14-15-12-17(9)16-11(20-12)13-10(18)8-5-4-7-19-8/h4-5,7H,2-3,6H2,1H3,(H,13,16,18). The van der Waals surface area contributed by atoms with Crippen LogP contribution in [0.4, 0.5) is 5.13 Å². The van der Waals surface area contributed by atoms with Crippen LogP contribution in [-0.2, 0) is 6.42 Å². The average Bonchev–Trinajstić information content (AvgIpc) is 3.13. The van der Waals surface area contributed by atoms with E-state index in [-0.39, 0.29) is 5.91 Å². The molecule has 0 radical (unpaired) electrons. The molecule has 6 nitrogen and oxygen atoms in total. The predicted molar refractivity (Wildman–Crippen MR) is 79.5 cm³/mol. The molecular formula is C12H13N5OS2. The molecule has 0 aliphatic carbocycles. The van der Waals surface area contributed by atoms with Gasteiger partial charge in [-0.2, -0.15) is 4.52 Å².